The van der Waals surface area contributed by atoms with Crippen LogP contribution >= 0.6 is 12.4 Å². The minimum absolute atomic E-state index is 0. The van der Waals surface area contributed by atoms with Crippen LogP contribution in [-0.2, 0) is 9.53 Å². The van der Waals surface area contributed by atoms with Gasteiger partial charge in [-0.2, -0.15) is 0 Å². The van der Waals surface area contributed by atoms with Crippen LogP contribution < -0.4 is 0 Å². The number of hydrogen-bond donors (Lipinski definition) is 1. The smallest absolute Gasteiger partial charge is 0.311 e. The maximum atomic E-state index is 11.5. The largest absolute Gasteiger partial charge is 0.481 e. The van der Waals surface area contributed by atoms with E-state index >= 15 is 0 Å². The van der Waals surface area contributed by atoms with Gasteiger partial charge in [0.1, 0.15) is 0 Å². The molecule has 0 aromatic rings. The molecule has 1 aliphatic carbocycles. The number of likely N-dealkylation sites (tertiary alicyclic amines) is 1. The average Bonchev–Trinajstić information content (AvgIpc) is 2.82. The second kappa shape index (κ2) is 6.22. The fraction of sp³-hybridized carbons (Fsp3) is 0.923. The lowest BCUT2D eigenvalue weighted by Gasteiger charge is -2.27. The maximum absolute atomic E-state index is 11.5. The molecule has 4 nitrogen and oxygen atoms in total. The van der Waals surface area contributed by atoms with Gasteiger partial charge >= 0.3 is 5.97 Å². The molecule has 5 heteroatoms. The van der Waals surface area contributed by atoms with Crippen molar-refractivity contribution in [3.63, 3.8) is 0 Å². The highest BCUT2D eigenvalue weighted by atomic mass is 35.5. The van der Waals surface area contributed by atoms with Crippen LogP contribution in [0.2, 0.25) is 0 Å². The van der Waals surface area contributed by atoms with E-state index in [1.54, 1.807) is 7.11 Å². The third-order valence-electron chi connectivity index (χ3n) is 4.69. The molecule has 0 bridgehead atoms. The number of carboxylic acid groups (broad SMARTS) is 1. The number of nitrogens with zero attached hydrogens (tertiary/aromatic N) is 1. The molecule has 1 heterocycles. The first-order valence-corrected chi connectivity index (χ1v) is 6.56. The van der Waals surface area contributed by atoms with Gasteiger partial charge in [-0.15, -0.1) is 12.4 Å². The first kappa shape index (κ1) is 15.7. The van der Waals surface area contributed by atoms with Crippen molar-refractivity contribution in [2.24, 2.45) is 11.3 Å². The summed E-state index contributed by atoms with van der Waals surface area (Å²) in [6, 6.07) is 0.428. The number of methoxy groups -OCH3 is 1. The van der Waals surface area contributed by atoms with Gasteiger partial charge in [-0.1, -0.05) is 6.42 Å². The Bertz CT molecular complexity index is 300. The lowest BCUT2D eigenvalue weighted by atomic mass is 9.81. The summed E-state index contributed by atoms with van der Waals surface area (Å²) >= 11 is 0. The zero-order valence-corrected chi connectivity index (χ0v) is 12.0. The molecule has 0 spiro atoms. The Balaban J connectivity index is 0.00000162. The topological polar surface area (TPSA) is 49.8 Å². The van der Waals surface area contributed by atoms with Crippen molar-refractivity contribution < 1.29 is 14.6 Å². The second-order valence-electron chi connectivity index (χ2n) is 5.61. The molecule has 1 saturated heterocycles. The van der Waals surface area contributed by atoms with Crippen LogP contribution in [0.5, 0.6) is 0 Å². The Morgan fingerprint density at radius 2 is 2.33 bits per heavy atom. The summed E-state index contributed by atoms with van der Waals surface area (Å²) in [6.45, 7) is 4.62. The number of rotatable bonds is 5. The van der Waals surface area contributed by atoms with E-state index in [2.05, 4.69) is 11.8 Å². The predicted molar refractivity (Wildman–Crippen MR) is 72.2 cm³/mol. The standard InChI is InChI=1S/C13H23NO3.ClH/c1-10(5-7-17-2)14-8-11-4-3-6-13(11,9-14)12(15)16;/h10-11H,3-9H2,1-2H3,(H,15,16);1H/t10?,11-,13+;/m0./s1. The number of fused-ring (bicyclic) bond motifs is 1. The molecular formula is C13H24ClNO3. The molecule has 1 saturated carbocycles. The van der Waals surface area contributed by atoms with Gasteiger partial charge in [0.2, 0.25) is 0 Å². The first-order valence-electron chi connectivity index (χ1n) is 6.56. The molecule has 2 rings (SSSR count). The van der Waals surface area contributed by atoms with E-state index < -0.39 is 11.4 Å². The molecule has 0 aromatic heterocycles. The molecule has 2 aliphatic rings. The molecule has 106 valence electrons. The van der Waals surface area contributed by atoms with E-state index in [1.165, 1.54) is 0 Å². The second-order valence-corrected chi connectivity index (χ2v) is 5.61. The van der Waals surface area contributed by atoms with Crippen molar-refractivity contribution in [1.82, 2.24) is 4.90 Å². The number of ether oxygens (including phenoxy) is 1. The Kier molecular flexibility index (Phi) is 5.44. The number of carbonyl (C=O) groups is 1. The normalized spacial score (nSPS) is 32.9. The molecule has 1 N–H and O–H groups in total. The van der Waals surface area contributed by atoms with E-state index in [-0.39, 0.29) is 12.4 Å². The highest BCUT2D eigenvalue weighted by Crippen LogP contribution is 2.49. The summed E-state index contributed by atoms with van der Waals surface area (Å²) in [7, 11) is 1.71. The van der Waals surface area contributed by atoms with Crippen LogP contribution in [0.3, 0.4) is 0 Å². The number of carboxylic acids is 1. The van der Waals surface area contributed by atoms with Crippen molar-refractivity contribution >= 4 is 18.4 Å². The van der Waals surface area contributed by atoms with E-state index in [1.807, 2.05) is 0 Å². The Morgan fingerprint density at radius 1 is 1.61 bits per heavy atom. The van der Waals surface area contributed by atoms with Gasteiger partial charge in [0.05, 0.1) is 5.41 Å². The fourth-order valence-corrected chi connectivity index (χ4v) is 3.48. The van der Waals surface area contributed by atoms with Crippen LogP contribution in [0.25, 0.3) is 0 Å². The van der Waals surface area contributed by atoms with E-state index in [9.17, 15) is 9.90 Å². The fourth-order valence-electron chi connectivity index (χ4n) is 3.48. The third kappa shape index (κ3) is 2.65. The molecule has 0 radical (unpaired) electrons. The zero-order valence-electron chi connectivity index (χ0n) is 11.2. The monoisotopic (exact) mass is 277 g/mol. The van der Waals surface area contributed by atoms with Gasteiger partial charge in [-0.25, -0.2) is 0 Å². The average molecular weight is 278 g/mol. The van der Waals surface area contributed by atoms with Gasteiger partial charge in [0.15, 0.2) is 0 Å². The summed E-state index contributed by atoms with van der Waals surface area (Å²) in [6.07, 6.45) is 4.01. The number of hydrogen-bond acceptors (Lipinski definition) is 3. The predicted octanol–water partition coefficient (Wildman–Crippen LogP) is 2.02. The van der Waals surface area contributed by atoms with Gasteiger partial charge in [0, 0.05) is 32.8 Å². The minimum Gasteiger partial charge on any atom is -0.481 e. The summed E-state index contributed by atoms with van der Waals surface area (Å²) < 4.78 is 5.10. The quantitative estimate of drug-likeness (QED) is 0.835. The molecular weight excluding hydrogens is 254 g/mol. The molecule has 18 heavy (non-hydrogen) atoms. The summed E-state index contributed by atoms with van der Waals surface area (Å²) in [4.78, 5) is 13.9. The lowest BCUT2D eigenvalue weighted by molar-refractivity contribution is -0.149. The zero-order chi connectivity index (χ0) is 12.5. The van der Waals surface area contributed by atoms with Crippen molar-refractivity contribution in [1.29, 1.82) is 0 Å². The first-order chi connectivity index (χ1) is 8.10. The summed E-state index contributed by atoms with van der Waals surface area (Å²) in [5, 5.41) is 9.50. The highest BCUT2D eigenvalue weighted by Gasteiger charge is 2.55. The molecule has 1 unspecified atom stereocenters. The highest BCUT2D eigenvalue weighted by molar-refractivity contribution is 5.85. The van der Waals surface area contributed by atoms with Crippen molar-refractivity contribution in [3.8, 4) is 0 Å². The van der Waals surface area contributed by atoms with E-state index in [0.29, 0.717) is 12.0 Å². The number of halogens is 1. The van der Waals surface area contributed by atoms with Gasteiger partial charge in [0.25, 0.3) is 0 Å². The van der Waals surface area contributed by atoms with Crippen molar-refractivity contribution in [2.45, 2.75) is 38.6 Å². The van der Waals surface area contributed by atoms with Gasteiger partial charge < -0.3 is 9.84 Å². The minimum atomic E-state index is -0.582. The molecule has 2 fully saturated rings. The van der Waals surface area contributed by atoms with Gasteiger partial charge in [-0.3, -0.25) is 9.69 Å². The summed E-state index contributed by atoms with van der Waals surface area (Å²) in [5.41, 5.74) is -0.443. The van der Waals surface area contributed by atoms with Gasteiger partial charge in [-0.05, 0) is 32.1 Å². The Morgan fingerprint density at radius 3 is 2.89 bits per heavy atom. The van der Waals surface area contributed by atoms with E-state index in [0.717, 1.165) is 45.4 Å². The number of aliphatic carboxylic acids is 1. The molecule has 0 amide bonds. The third-order valence-corrected chi connectivity index (χ3v) is 4.69. The van der Waals surface area contributed by atoms with Crippen LogP contribution in [-0.4, -0.2) is 48.8 Å². The van der Waals surface area contributed by atoms with Crippen LogP contribution in [0.4, 0.5) is 0 Å². The van der Waals surface area contributed by atoms with Crippen LogP contribution in [0, 0.1) is 11.3 Å². The molecule has 3 atom stereocenters. The summed E-state index contributed by atoms with van der Waals surface area (Å²) in [5.74, 6) is -0.216. The Labute approximate surface area is 115 Å². The van der Waals surface area contributed by atoms with Crippen LogP contribution in [0.15, 0.2) is 0 Å². The van der Waals surface area contributed by atoms with E-state index in [4.69, 9.17) is 4.74 Å². The SMILES string of the molecule is COCCC(C)N1C[C@@H]2CCC[C@@]2(C(=O)O)C1.Cl. The van der Waals surface area contributed by atoms with Crippen LogP contribution in [0.1, 0.15) is 32.6 Å². The lowest BCUT2D eigenvalue weighted by Crippen LogP contribution is -2.38. The maximum Gasteiger partial charge on any atom is 0.311 e. The molecule has 0 aromatic carbocycles. The Hall–Kier alpha value is -0.320. The molecule has 1 aliphatic heterocycles. The van der Waals surface area contributed by atoms with Crippen molar-refractivity contribution in [2.75, 3.05) is 26.8 Å². The van der Waals surface area contributed by atoms with Crippen molar-refractivity contribution in [3.05, 3.63) is 0 Å².